The molecule has 14 heteroatoms. The number of aryl methyl sites for hydroxylation is 1. The van der Waals surface area contributed by atoms with Crippen molar-refractivity contribution in [1.82, 2.24) is 20.8 Å². The van der Waals surface area contributed by atoms with E-state index in [1.165, 1.54) is 35.6 Å². The van der Waals surface area contributed by atoms with Gasteiger partial charge in [0, 0.05) is 19.2 Å². The van der Waals surface area contributed by atoms with Gasteiger partial charge in [-0.2, -0.15) is 0 Å². The number of hydrogen-bond donors (Lipinski definition) is 5. The van der Waals surface area contributed by atoms with Gasteiger partial charge in [0.1, 0.15) is 16.1 Å². The first kappa shape index (κ1) is 25.0. The van der Waals surface area contributed by atoms with Crippen LogP contribution in [0.3, 0.4) is 0 Å². The molecule has 0 radical (unpaired) electrons. The zero-order valence-corrected chi connectivity index (χ0v) is 19.2. The summed E-state index contributed by atoms with van der Waals surface area (Å²) in [5.41, 5.74) is 11.6. The molecule has 33 heavy (non-hydrogen) atoms. The number of carbonyl (C=O) groups is 2. The third-order valence-corrected chi connectivity index (χ3v) is 8.23. The van der Waals surface area contributed by atoms with Crippen LogP contribution < -0.4 is 22.1 Å². The number of rotatable bonds is 12. The summed E-state index contributed by atoms with van der Waals surface area (Å²) in [6.45, 7) is 1.42. The van der Waals surface area contributed by atoms with Crippen LogP contribution in [-0.4, -0.2) is 72.0 Å². The van der Waals surface area contributed by atoms with Crippen LogP contribution >= 0.6 is 11.3 Å². The molecule has 7 N–H and O–H groups in total. The van der Waals surface area contributed by atoms with Crippen LogP contribution in [0.15, 0.2) is 40.2 Å². The monoisotopic (exact) mass is 495 g/mol. The third-order valence-electron chi connectivity index (χ3n) is 5.04. The predicted octanol–water partition coefficient (Wildman–Crippen LogP) is -1.33. The van der Waals surface area contributed by atoms with E-state index in [0.717, 1.165) is 13.0 Å². The van der Waals surface area contributed by atoms with Crippen molar-refractivity contribution in [3.63, 3.8) is 0 Å². The summed E-state index contributed by atoms with van der Waals surface area (Å²) in [6, 6.07) is 4.76. The highest BCUT2D eigenvalue weighted by Gasteiger charge is 2.55. The molecule has 12 nitrogen and oxygen atoms in total. The van der Waals surface area contributed by atoms with Crippen molar-refractivity contribution in [3.05, 3.63) is 40.3 Å². The molecule has 2 unspecified atom stereocenters. The summed E-state index contributed by atoms with van der Waals surface area (Å²) in [7, 11) is -4.68. The number of carboxylic acid groups (broad SMARTS) is 1. The SMILES string of the molecule is NC(C(=O)Cc1nnc(CCCNC2N=CCN2)s1)[C@@](N)(C(=O)O)S(=O)(=O)c1ccccc1. The minimum atomic E-state index is -4.68. The molecule has 3 atom stereocenters. The highest BCUT2D eigenvalue weighted by atomic mass is 32.2. The van der Waals surface area contributed by atoms with Crippen LogP contribution in [0, 0.1) is 0 Å². The molecule has 1 aliphatic rings. The van der Waals surface area contributed by atoms with E-state index in [1.807, 2.05) is 0 Å². The second-order valence-corrected chi connectivity index (χ2v) is 10.6. The van der Waals surface area contributed by atoms with Gasteiger partial charge < -0.3 is 16.6 Å². The summed E-state index contributed by atoms with van der Waals surface area (Å²) in [5.74, 6) is -2.78. The molecule has 0 saturated heterocycles. The van der Waals surface area contributed by atoms with Crippen LogP contribution in [0.1, 0.15) is 16.4 Å². The van der Waals surface area contributed by atoms with Crippen molar-refractivity contribution in [2.45, 2.75) is 41.4 Å². The highest BCUT2D eigenvalue weighted by molar-refractivity contribution is 7.93. The summed E-state index contributed by atoms with van der Waals surface area (Å²) >= 11 is 1.17. The maximum Gasteiger partial charge on any atom is 0.342 e. The van der Waals surface area contributed by atoms with Gasteiger partial charge in [0.25, 0.3) is 0 Å². The van der Waals surface area contributed by atoms with Gasteiger partial charge in [0.2, 0.25) is 14.7 Å². The summed E-state index contributed by atoms with van der Waals surface area (Å²) in [6.07, 6.45) is 2.69. The van der Waals surface area contributed by atoms with Crippen LogP contribution in [0.4, 0.5) is 0 Å². The molecule has 2 heterocycles. The Kier molecular flexibility index (Phi) is 7.99. The van der Waals surface area contributed by atoms with Crippen molar-refractivity contribution >= 4 is 39.1 Å². The Morgan fingerprint density at radius 3 is 2.61 bits per heavy atom. The van der Waals surface area contributed by atoms with Crippen molar-refractivity contribution in [1.29, 1.82) is 0 Å². The lowest BCUT2D eigenvalue weighted by Crippen LogP contribution is -2.68. The first-order chi connectivity index (χ1) is 15.7. The Hall–Kier alpha value is -2.62. The van der Waals surface area contributed by atoms with Crippen molar-refractivity contribution in [3.8, 4) is 0 Å². The molecule has 0 fully saturated rings. The van der Waals surface area contributed by atoms with Gasteiger partial charge in [0.05, 0.1) is 11.3 Å². The van der Waals surface area contributed by atoms with E-state index in [2.05, 4.69) is 25.8 Å². The van der Waals surface area contributed by atoms with Gasteiger partial charge in [-0.05, 0) is 25.1 Å². The molecule has 178 valence electrons. The number of carboxylic acids is 1. The molecule has 0 bridgehead atoms. The smallest absolute Gasteiger partial charge is 0.342 e. The highest BCUT2D eigenvalue weighted by Crippen LogP contribution is 2.26. The number of hydrogen-bond acceptors (Lipinski definition) is 12. The Morgan fingerprint density at radius 2 is 1.97 bits per heavy atom. The average Bonchev–Trinajstić information content (AvgIpc) is 3.48. The van der Waals surface area contributed by atoms with Crippen LogP contribution in [0.5, 0.6) is 0 Å². The normalized spacial score (nSPS) is 18.7. The minimum absolute atomic E-state index is 0.0907. The largest absolute Gasteiger partial charge is 0.479 e. The molecular weight excluding hydrogens is 470 g/mol. The Bertz CT molecular complexity index is 1120. The lowest BCUT2D eigenvalue weighted by Gasteiger charge is -2.29. The molecular formula is C19H25N7O5S2. The lowest BCUT2D eigenvalue weighted by molar-refractivity contribution is -0.142. The number of benzene rings is 1. The molecule has 1 aromatic carbocycles. The molecule has 0 amide bonds. The van der Waals surface area contributed by atoms with E-state index in [4.69, 9.17) is 11.5 Å². The quantitative estimate of drug-likeness (QED) is 0.218. The van der Waals surface area contributed by atoms with Crippen LogP contribution in [0.25, 0.3) is 0 Å². The Labute approximate surface area is 194 Å². The molecule has 0 spiro atoms. The van der Waals surface area contributed by atoms with E-state index in [1.54, 1.807) is 12.3 Å². The predicted molar refractivity (Wildman–Crippen MR) is 121 cm³/mol. The topological polar surface area (TPSA) is 203 Å². The number of aliphatic carboxylic acids is 1. The number of nitrogens with two attached hydrogens (primary N) is 2. The molecule has 2 aromatic rings. The fourth-order valence-corrected chi connectivity index (χ4v) is 5.64. The number of carbonyl (C=O) groups excluding carboxylic acids is 1. The number of nitrogens with zero attached hydrogens (tertiary/aromatic N) is 3. The van der Waals surface area contributed by atoms with E-state index < -0.39 is 32.5 Å². The number of ketones is 1. The second-order valence-electron chi connectivity index (χ2n) is 7.33. The maximum absolute atomic E-state index is 13.0. The van der Waals surface area contributed by atoms with Crippen molar-refractivity contribution in [2.24, 2.45) is 16.5 Å². The van der Waals surface area contributed by atoms with Crippen molar-refractivity contribution in [2.75, 3.05) is 13.1 Å². The summed E-state index contributed by atoms with van der Waals surface area (Å²) in [5, 5.41) is 24.9. The Morgan fingerprint density at radius 1 is 1.27 bits per heavy atom. The minimum Gasteiger partial charge on any atom is -0.479 e. The van der Waals surface area contributed by atoms with Crippen LogP contribution in [-0.2, 0) is 32.3 Å². The molecule has 1 aromatic heterocycles. The van der Waals surface area contributed by atoms with E-state index in [9.17, 15) is 23.1 Å². The molecule has 0 saturated carbocycles. The second kappa shape index (κ2) is 10.5. The first-order valence-corrected chi connectivity index (χ1v) is 12.4. The van der Waals surface area contributed by atoms with Gasteiger partial charge in [-0.1, -0.05) is 18.2 Å². The number of sulfone groups is 1. The zero-order valence-electron chi connectivity index (χ0n) is 17.5. The van der Waals surface area contributed by atoms with Crippen LogP contribution in [0.2, 0.25) is 0 Å². The first-order valence-electron chi connectivity index (χ1n) is 10.1. The molecule has 3 rings (SSSR count). The summed E-state index contributed by atoms with van der Waals surface area (Å²) in [4.78, 5) is 25.4. The van der Waals surface area contributed by atoms with E-state index >= 15 is 0 Å². The Balaban J connectivity index is 1.63. The maximum atomic E-state index is 13.0. The standard InChI is InChI=1S/C19H25N7O5S2/c20-16(19(21,17(28)29)33(30,31)12-5-2-1-3-6-12)13(27)11-15-26-25-14(32-15)7-4-8-22-18-23-9-10-24-18/h1-3,5-6,9,16,18,22,24H,4,7-8,10-11,20-21H2,(H,28,29)/t16?,18?,19-/m0/s1. The third kappa shape index (κ3) is 5.48. The number of aliphatic imine (C=N–C) groups is 1. The van der Waals surface area contributed by atoms with Gasteiger partial charge >= 0.3 is 5.97 Å². The molecule has 0 aliphatic carbocycles. The number of aromatic nitrogens is 2. The number of Topliss-reactive ketones (excluding diaryl/α,β-unsaturated/α-hetero) is 1. The molecule has 1 aliphatic heterocycles. The average molecular weight is 496 g/mol. The van der Waals surface area contributed by atoms with Gasteiger partial charge in [-0.3, -0.25) is 20.4 Å². The zero-order chi connectivity index (χ0) is 24.1. The van der Waals surface area contributed by atoms with E-state index in [-0.39, 0.29) is 17.6 Å². The fourth-order valence-electron chi connectivity index (χ4n) is 3.15. The number of nitrogens with one attached hydrogen (secondary N) is 2. The fraction of sp³-hybridized carbons (Fsp3) is 0.421. The lowest BCUT2D eigenvalue weighted by atomic mass is 10.0. The van der Waals surface area contributed by atoms with Crippen molar-refractivity contribution < 1.29 is 23.1 Å². The van der Waals surface area contributed by atoms with E-state index in [0.29, 0.717) is 23.0 Å². The summed E-state index contributed by atoms with van der Waals surface area (Å²) < 4.78 is 25.9. The van der Waals surface area contributed by atoms with Gasteiger partial charge in [-0.25, -0.2) is 13.2 Å². The van der Waals surface area contributed by atoms with Gasteiger partial charge in [-0.15, -0.1) is 21.5 Å². The van der Waals surface area contributed by atoms with Gasteiger partial charge in [0.15, 0.2) is 12.1 Å².